The lowest BCUT2D eigenvalue weighted by molar-refractivity contribution is 0.102. The third-order valence-electron chi connectivity index (χ3n) is 6.24. The highest BCUT2D eigenvalue weighted by Crippen LogP contribution is 2.19. The highest BCUT2D eigenvalue weighted by molar-refractivity contribution is 7.89. The Hall–Kier alpha value is -2.95. The van der Waals surface area contributed by atoms with Gasteiger partial charge in [0.1, 0.15) is 0 Å². The minimum absolute atomic E-state index is 0.113. The number of benzene rings is 2. The molecule has 1 aromatic heterocycles. The molecule has 1 aliphatic rings. The van der Waals surface area contributed by atoms with Gasteiger partial charge in [-0.3, -0.25) is 18.8 Å². The normalized spacial score (nSPS) is 15.7. The molecule has 1 N–H and O–H groups in total. The monoisotopic (exact) mass is 471 g/mol. The van der Waals surface area contributed by atoms with Crippen LogP contribution in [0.4, 0.5) is 5.69 Å². The largest absolute Gasteiger partial charge is 0.328 e. The molecule has 0 atom stereocenters. The smallest absolute Gasteiger partial charge is 0.322 e. The van der Waals surface area contributed by atoms with Crippen LogP contribution in [0.25, 0.3) is 11.0 Å². The van der Waals surface area contributed by atoms with Gasteiger partial charge in [-0.2, -0.15) is 4.31 Å². The maximum atomic E-state index is 12.7. The summed E-state index contributed by atoms with van der Waals surface area (Å²) in [5.74, 6) is -0.0892. The minimum Gasteiger partial charge on any atom is -0.322 e. The number of carbonyl (C=O) groups is 1. The van der Waals surface area contributed by atoms with Gasteiger partial charge in [0.2, 0.25) is 10.0 Å². The van der Waals surface area contributed by atoms with E-state index in [2.05, 4.69) is 10.2 Å². The molecule has 3 aromatic rings. The third kappa shape index (κ3) is 4.73. The van der Waals surface area contributed by atoms with Gasteiger partial charge in [-0.1, -0.05) is 12.1 Å². The summed E-state index contributed by atoms with van der Waals surface area (Å²) in [6.45, 7) is 4.77. The van der Waals surface area contributed by atoms with E-state index in [1.807, 2.05) is 18.2 Å². The average molecular weight is 472 g/mol. The highest BCUT2D eigenvalue weighted by Gasteiger charge is 2.25. The fourth-order valence-electron chi connectivity index (χ4n) is 4.16. The van der Waals surface area contributed by atoms with Gasteiger partial charge in [0, 0.05) is 58.1 Å². The number of hydrogen-bond acceptors (Lipinski definition) is 5. The Morgan fingerprint density at radius 2 is 1.58 bits per heavy atom. The van der Waals surface area contributed by atoms with E-state index in [0.717, 1.165) is 16.6 Å². The van der Waals surface area contributed by atoms with E-state index in [0.29, 0.717) is 44.0 Å². The van der Waals surface area contributed by atoms with Crippen LogP contribution in [0.3, 0.4) is 0 Å². The molecule has 1 aliphatic heterocycles. The number of rotatable bonds is 6. The first-order valence-corrected chi connectivity index (χ1v) is 12.6. The van der Waals surface area contributed by atoms with Crippen LogP contribution in [0.2, 0.25) is 0 Å². The van der Waals surface area contributed by atoms with Gasteiger partial charge < -0.3 is 5.32 Å². The maximum Gasteiger partial charge on any atom is 0.328 e. The topological polar surface area (TPSA) is 96.7 Å². The first-order valence-electron chi connectivity index (χ1n) is 11.0. The zero-order valence-corrected chi connectivity index (χ0v) is 19.9. The molecule has 0 spiro atoms. The number of carbonyl (C=O) groups excluding carboxylic acids is 1. The van der Waals surface area contributed by atoms with Crippen molar-refractivity contribution in [3.05, 3.63) is 64.1 Å². The Labute approximate surface area is 193 Å². The van der Waals surface area contributed by atoms with Crippen molar-refractivity contribution < 1.29 is 13.2 Å². The molecule has 4 rings (SSSR count). The predicted molar refractivity (Wildman–Crippen MR) is 129 cm³/mol. The Morgan fingerprint density at radius 1 is 0.939 bits per heavy atom. The maximum absolute atomic E-state index is 12.7. The Bertz CT molecular complexity index is 1330. The van der Waals surface area contributed by atoms with Crippen molar-refractivity contribution >= 4 is 32.7 Å². The van der Waals surface area contributed by atoms with Crippen molar-refractivity contribution in [2.24, 2.45) is 14.1 Å². The van der Waals surface area contributed by atoms with Gasteiger partial charge in [0.15, 0.2) is 0 Å². The molecular weight excluding hydrogens is 442 g/mol. The van der Waals surface area contributed by atoms with Crippen molar-refractivity contribution in [2.45, 2.75) is 13.5 Å². The number of hydrogen-bond donors (Lipinski definition) is 1. The number of amides is 1. The van der Waals surface area contributed by atoms with Gasteiger partial charge in [0.25, 0.3) is 5.91 Å². The second-order valence-electron chi connectivity index (χ2n) is 8.33. The number of fused-ring (bicyclic) bond motifs is 1. The fraction of sp³-hybridized carbons (Fsp3) is 0.391. The van der Waals surface area contributed by atoms with Crippen molar-refractivity contribution in [3.63, 3.8) is 0 Å². The molecule has 0 aliphatic carbocycles. The van der Waals surface area contributed by atoms with Gasteiger partial charge >= 0.3 is 5.69 Å². The molecule has 33 heavy (non-hydrogen) atoms. The Balaban J connectivity index is 1.37. The van der Waals surface area contributed by atoms with Gasteiger partial charge in [0.05, 0.1) is 16.8 Å². The zero-order valence-electron chi connectivity index (χ0n) is 19.1. The predicted octanol–water partition coefficient (Wildman–Crippen LogP) is 1.60. The summed E-state index contributed by atoms with van der Waals surface area (Å²) in [7, 11) is 0.296. The summed E-state index contributed by atoms with van der Waals surface area (Å²) in [6.07, 6.45) is 0. The fourth-order valence-corrected chi connectivity index (χ4v) is 5.24. The van der Waals surface area contributed by atoms with Crippen molar-refractivity contribution in [3.8, 4) is 0 Å². The zero-order chi connectivity index (χ0) is 23.8. The first-order chi connectivity index (χ1) is 15.7. The number of nitrogens with one attached hydrogen (secondary N) is 1. The lowest BCUT2D eigenvalue weighted by Gasteiger charge is -2.33. The summed E-state index contributed by atoms with van der Waals surface area (Å²) < 4.78 is 28.7. The average Bonchev–Trinajstić information content (AvgIpc) is 3.03. The van der Waals surface area contributed by atoms with Crippen molar-refractivity contribution in [2.75, 3.05) is 37.2 Å². The highest BCUT2D eigenvalue weighted by atomic mass is 32.2. The molecule has 9 nitrogen and oxygen atoms in total. The van der Waals surface area contributed by atoms with Crippen LogP contribution < -0.4 is 11.0 Å². The second-order valence-corrected chi connectivity index (χ2v) is 10.6. The summed E-state index contributed by atoms with van der Waals surface area (Å²) >= 11 is 0. The molecular formula is C23H29N5O4S. The number of aromatic nitrogens is 2. The number of aryl methyl sites for hydroxylation is 2. The molecule has 0 radical (unpaired) electrons. The molecule has 176 valence electrons. The molecule has 0 unspecified atom stereocenters. The van der Waals surface area contributed by atoms with Gasteiger partial charge in [-0.25, -0.2) is 13.2 Å². The number of imidazole rings is 1. The standard InChI is InChI=1S/C23H29N5O4S/c1-4-33(31,32)28-13-11-27(12-14-28)16-17-5-7-18(8-6-17)22(29)24-19-9-10-20-21(15-19)26(3)23(30)25(20)2/h5-10,15H,4,11-14,16H2,1-3H3,(H,24,29). The number of sulfonamides is 1. The molecule has 10 heteroatoms. The quantitative estimate of drug-likeness (QED) is 0.589. The van der Waals surface area contributed by atoms with Crippen molar-refractivity contribution in [1.29, 1.82) is 0 Å². The van der Waals surface area contributed by atoms with Gasteiger partial charge in [-0.15, -0.1) is 0 Å². The summed E-state index contributed by atoms with van der Waals surface area (Å²) in [6, 6.07) is 12.8. The van der Waals surface area contributed by atoms with Crippen LogP contribution in [0.5, 0.6) is 0 Å². The van der Waals surface area contributed by atoms with Crippen molar-refractivity contribution in [1.82, 2.24) is 18.3 Å². The summed E-state index contributed by atoms with van der Waals surface area (Å²) in [4.78, 5) is 27.0. The lowest BCUT2D eigenvalue weighted by atomic mass is 10.1. The molecule has 0 bridgehead atoms. The Kier molecular flexibility index (Phi) is 6.42. The van der Waals surface area contributed by atoms with Crippen LogP contribution in [-0.4, -0.2) is 64.6 Å². The summed E-state index contributed by atoms with van der Waals surface area (Å²) in [5.41, 5.74) is 3.68. The van der Waals surface area contributed by atoms with Crippen LogP contribution in [0.1, 0.15) is 22.8 Å². The molecule has 1 amide bonds. The third-order valence-corrected chi connectivity index (χ3v) is 8.12. The lowest BCUT2D eigenvalue weighted by Crippen LogP contribution is -2.48. The molecule has 1 fully saturated rings. The van der Waals surface area contributed by atoms with Crippen LogP contribution >= 0.6 is 0 Å². The van der Waals surface area contributed by atoms with E-state index in [4.69, 9.17) is 0 Å². The van der Waals surface area contributed by atoms with E-state index in [-0.39, 0.29) is 17.3 Å². The van der Waals surface area contributed by atoms with Crippen LogP contribution in [0.15, 0.2) is 47.3 Å². The van der Waals surface area contributed by atoms with Gasteiger partial charge in [-0.05, 0) is 42.8 Å². The Morgan fingerprint density at radius 3 is 2.21 bits per heavy atom. The molecule has 2 heterocycles. The SMILES string of the molecule is CCS(=O)(=O)N1CCN(Cc2ccc(C(=O)Nc3ccc4c(c3)n(C)c(=O)n4C)cc2)CC1. The second kappa shape index (κ2) is 9.12. The van der Waals surface area contributed by atoms with Crippen LogP contribution in [-0.2, 0) is 30.7 Å². The van der Waals surface area contributed by atoms with E-state index < -0.39 is 10.0 Å². The van der Waals surface area contributed by atoms with E-state index >= 15 is 0 Å². The number of anilines is 1. The summed E-state index contributed by atoms with van der Waals surface area (Å²) in [5, 5.41) is 2.90. The first kappa shape index (κ1) is 23.2. The molecule has 1 saturated heterocycles. The molecule has 0 saturated carbocycles. The number of piperazine rings is 1. The van der Waals surface area contributed by atoms with Crippen LogP contribution in [0, 0.1) is 0 Å². The minimum atomic E-state index is -3.13. The number of nitrogens with zero attached hydrogens (tertiary/aromatic N) is 4. The molecule has 2 aromatic carbocycles. The van der Waals surface area contributed by atoms with E-state index in [1.54, 1.807) is 58.7 Å². The van der Waals surface area contributed by atoms with E-state index in [9.17, 15) is 18.0 Å². The van der Waals surface area contributed by atoms with E-state index in [1.165, 1.54) is 0 Å².